The lowest BCUT2D eigenvalue weighted by atomic mass is 9.83. The third-order valence-electron chi connectivity index (χ3n) is 5.90. The van der Waals surface area contributed by atoms with Crippen molar-refractivity contribution in [3.63, 3.8) is 0 Å². The molecule has 0 unspecified atom stereocenters. The van der Waals surface area contributed by atoms with E-state index in [-0.39, 0.29) is 6.04 Å². The highest BCUT2D eigenvalue weighted by Crippen LogP contribution is 2.35. The van der Waals surface area contributed by atoms with E-state index in [2.05, 4.69) is 52.8 Å². The molecule has 1 N–H and O–H groups in total. The number of nitriles is 1. The van der Waals surface area contributed by atoms with E-state index in [4.69, 9.17) is 0 Å². The zero-order valence-electron chi connectivity index (χ0n) is 16.6. The topological polar surface area (TPSA) is 71.5 Å². The van der Waals surface area contributed by atoms with E-state index < -0.39 is 0 Å². The molecule has 0 radical (unpaired) electrons. The average Bonchev–Trinajstić information content (AvgIpc) is 3.34. The highest BCUT2D eigenvalue weighted by atomic mass is 15.3. The van der Waals surface area contributed by atoms with E-state index in [1.807, 2.05) is 36.4 Å². The Morgan fingerprint density at radius 3 is 2.86 bits per heavy atom. The molecule has 4 aromatic rings. The lowest BCUT2D eigenvalue weighted by Crippen LogP contribution is -2.18. The molecular formula is C23H22N6. The lowest BCUT2D eigenvalue weighted by Gasteiger charge is -2.29. The molecule has 2 aromatic heterocycles. The molecule has 1 aliphatic rings. The first-order valence-corrected chi connectivity index (χ1v) is 9.90. The zero-order chi connectivity index (χ0) is 20.0. The molecule has 144 valence electrons. The fraction of sp³-hybridized carbons (Fsp3) is 0.261. The number of rotatable bonds is 3. The number of benzene rings is 2. The average molecular weight is 382 g/mol. The van der Waals surface area contributed by atoms with Crippen LogP contribution in [0.15, 0.2) is 48.9 Å². The SMILES string of the molecule is Cc1c(C#N)ccc2c1CCC[C@H]2Nc1ccc2cnn(-c3cnn(C)c3)c2c1. The van der Waals surface area contributed by atoms with Gasteiger partial charge in [0.05, 0.1) is 41.8 Å². The maximum absolute atomic E-state index is 9.34. The number of aryl methyl sites for hydroxylation is 1. The second-order valence-corrected chi connectivity index (χ2v) is 7.71. The van der Waals surface area contributed by atoms with Crippen LogP contribution in [-0.4, -0.2) is 19.6 Å². The molecule has 5 rings (SSSR count). The Morgan fingerprint density at radius 1 is 1.17 bits per heavy atom. The van der Waals surface area contributed by atoms with E-state index in [0.717, 1.165) is 52.7 Å². The summed E-state index contributed by atoms with van der Waals surface area (Å²) in [7, 11) is 1.91. The highest BCUT2D eigenvalue weighted by Gasteiger charge is 2.23. The molecule has 29 heavy (non-hydrogen) atoms. The normalized spacial score (nSPS) is 15.8. The van der Waals surface area contributed by atoms with Crippen LogP contribution < -0.4 is 5.32 Å². The maximum Gasteiger partial charge on any atom is 0.103 e. The number of nitrogens with zero attached hydrogens (tertiary/aromatic N) is 5. The van der Waals surface area contributed by atoms with Gasteiger partial charge in [0.15, 0.2) is 0 Å². The van der Waals surface area contributed by atoms with Gasteiger partial charge in [0.2, 0.25) is 0 Å². The van der Waals surface area contributed by atoms with Gasteiger partial charge in [0.25, 0.3) is 0 Å². The first kappa shape index (κ1) is 17.5. The molecule has 0 aliphatic heterocycles. The van der Waals surface area contributed by atoms with Crippen molar-refractivity contribution < 1.29 is 0 Å². The van der Waals surface area contributed by atoms with Crippen LogP contribution in [0.2, 0.25) is 0 Å². The minimum atomic E-state index is 0.248. The fourth-order valence-electron chi connectivity index (χ4n) is 4.38. The van der Waals surface area contributed by atoms with Gasteiger partial charge in [-0.1, -0.05) is 6.07 Å². The van der Waals surface area contributed by atoms with Crippen LogP contribution in [-0.2, 0) is 13.5 Å². The summed E-state index contributed by atoms with van der Waals surface area (Å²) in [5.74, 6) is 0. The summed E-state index contributed by atoms with van der Waals surface area (Å²) < 4.78 is 3.70. The zero-order valence-corrected chi connectivity index (χ0v) is 16.6. The quantitative estimate of drug-likeness (QED) is 0.569. The van der Waals surface area contributed by atoms with Crippen molar-refractivity contribution in [1.82, 2.24) is 19.6 Å². The Hall–Kier alpha value is -3.59. The number of aromatic nitrogens is 4. The van der Waals surface area contributed by atoms with E-state index in [1.54, 1.807) is 4.68 Å². The highest BCUT2D eigenvalue weighted by molar-refractivity contribution is 5.83. The standard InChI is InChI=1S/C23H22N6/c1-15-16(11-24)7-9-21-20(15)4-3-5-22(21)27-18-8-6-17-12-26-29(23(17)10-18)19-13-25-28(2)14-19/h6-10,12-14,22,27H,3-5H2,1-2H3/t22-/m1/s1. The van der Waals surface area contributed by atoms with Crippen molar-refractivity contribution in [3.05, 3.63) is 71.2 Å². The number of fused-ring (bicyclic) bond motifs is 2. The van der Waals surface area contributed by atoms with Crippen LogP contribution in [0.5, 0.6) is 0 Å². The van der Waals surface area contributed by atoms with Crippen molar-refractivity contribution in [2.75, 3.05) is 5.32 Å². The molecule has 0 saturated carbocycles. The van der Waals surface area contributed by atoms with Gasteiger partial charge in [-0.15, -0.1) is 0 Å². The van der Waals surface area contributed by atoms with Gasteiger partial charge < -0.3 is 5.32 Å². The van der Waals surface area contributed by atoms with Gasteiger partial charge in [-0.2, -0.15) is 15.5 Å². The molecule has 2 heterocycles. The van der Waals surface area contributed by atoms with Crippen molar-refractivity contribution in [2.45, 2.75) is 32.2 Å². The monoisotopic (exact) mass is 382 g/mol. The number of nitrogens with one attached hydrogen (secondary N) is 1. The van der Waals surface area contributed by atoms with E-state index in [0.29, 0.717) is 0 Å². The Labute approximate surface area is 169 Å². The van der Waals surface area contributed by atoms with Crippen LogP contribution in [0.4, 0.5) is 5.69 Å². The third-order valence-corrected chi connectivity index (χ3v) is 5.90. The molecule has 1 aliphatic carbocycles. The third kappa shape index (κ3) is 2.95. The number of anilines is 1. The molecule has 6 nitrogen and oxygen atoms in total. The van der Waals surface area contributed by atoms with E-state index in [9.17, 15) is 5.26 Å². The summed E-state index contributed by atoms with van der Waals surface area (Å²) in [6.45, 7) is 2.07. The largest absolute Gasteiger partial charge is 0.378 e. The van der Waals surface area contributed by atoms with Gasteiger partial charge in [-0.25, -0.2) is 4.68 Å². The molecule has 0 saturated heterocycles. The number of hydrogen-bond acceptors (Lipinski definition) is 4. The van der Waals surface area contributed by atoms with Crippen molar-refractivity contribution in [2.24, 2.45) is 7.05 Å². The molecule has 0 spiro atoms. The minimum absolute atomic E-state index is 0.248. The Balaban J connectivity index is 1.51. The lowest BCUT2D eigenvalue weighted by molar-refractivity contribution is 0.598. The van der Waals surface area contributed by atoms with Gasteiger partial charge in [-0.05, 0) is 67.1 Å². The Morgan fingerprint density at radius 2 is 2.07 bits per heavy atom. The first-order valence-electron chi connectivity index (χ1n) is 9.90. The molecule has 0 fully saturated rings. The molecule has 6 heteroatoms. The van der Waals surface area contributed by atoms with Crippen LogP contribution >= 0.6 is 0 Å². The second-order valence-electron chi connectivity index (χ2n) is 7.71. The molecule has 2 aromatic carbocycles. The maximum atomic E-state index is 9.34. The number of hydrogen-bond donors (Lipinski definition) is 1. The molecular weight excluding hydrogens is 360 g/mol. The van der Waals surface area contributed by atoms with Crippen molar-refractivity contribution in [3.8, 4) is 11.8 Å². The summed E-state index contributed by atoms with van der Waals surface area (Å²) in [6.07, 6.45) is 8.91. The summed E-state index contributed by atoms with van der Waals surface area (Å²) in [6, 6.07) is 13.0. The molecule has 0 amide bonds. The summed E-state index contributed by atoms with van der Waals surface area (Å²) in [4.78, 5) is 0. The summed E-state index contributed by atoms with van der Waals surface area (Å²) in [5, 5.41) is 23.0. The van der Waals surface area contributed by atoms with Crippen molar-refractivity contribution in [1.29, 1.82) is 5.26 Å². The summed E-state index contributed by atoms with van der Waals surface area (Å²) >= 11 is 0. The Kier molecular flexibility index (Phi) is 4.09. The second kappa shape index (κ2) is 6.78. The molecule has 1 atom stereocenters. The molecule has 0 bridgehead atoms. The van der Waals surface area contributed by atoms with E-state index >= 15 is 0 Å². The summed E-state index contributed by atoms with van der Waals surface area (Å²) in [5.41, 5.74) is 7.62. The van der Waals surface area contributed by atoms with Crippen LogP contribution in [0.3, 0.4) is 0 Å². The predicted octanol–water partition coefficient (Wildman–Crippen LogP) is 4.43. The van der Waals surface area contributed by atoms with Crippen LogP contribution in [0.1, 0.15) is 41.1 Å². The van der Waals surface area contributed by atoms with E-state index in [1.165, 1.54) is 11.1 Å². The van der Waals surface area contributed by atoms with Gasteiger partial charge >= 0.3 is 0 Å². The predicted molar refractivity (Wildman–Crippen MR) is 113 cm³/mol. The van der Waals surface area contributed by atoms with Crippen molar-refractivity contribution >= 4 is 16.6 Å². The van der Waals surface area contributed by atoms with Gasteiger partial charge in [0.1, 0.15) is 5.69 Å². The van der Waals surface area contributed by atoms with Crippen LogP contribution in [0.25, 0.3) is 16.6 Å². The fourth-order valence-corrected chi connectivity index (χ4v) is 4.38. The van der Waals surface area contributed by atoms with Gasteiger partial charge in [-0.3, -0.25) is 4.68 Å². The van der Waals surface area contributed by atoms with Crippen LogP contribution in [0, 0.1) is 18.3 Å². The minimum Gasteiger partial charge on any atom is -0.378 e. The smallest absolute Gasteiger partial charge is 0.103 e. The Bertz CT molecular complexity index is 1260. The first-order chi connectivity index (χ1) is 14.1. The van der Waals surface area contributed by atoms with Gasteiger partial charge in [0, 0.05) is 18.1 Å².